The number of rotatable bonds is 1. The van der Waals surface area contributed by atoms with Crippen LogP contribution < -0.4 is 5.32 Å². The molecule has 0 fully saturated rings. The summed E-state index contributed by atoms with van der Waals surface area (Å²) in [6.45, 7) is -0.421. The molecule has 3 nitrogen and oxygen atoms in total. The molecule has 1 heterocycles. The number of amides is 2. The zero-order chi connectivity index (χ0) is 10.6. The zero-order valence-corrected chi connectivity index (χ0v) is 7.47. The summed E-state index contributed by atoms with van der Waals surface area (Å²) >= 11 is 0. The molecule has 0 radical (unpaired) electrons. The van der Waals surface area contributed by atoms with Gasteiger partial charge in [0.15, 0.2) is 0 Å². The Morgan fingerprint density at radius 1 is 1.43 bits per heavy atom. The molecule has 0 unspecified atom stereocenters. The van der Waals surface area contributed by atoms with Crippen molar-refractivity contribution in [2.45, 2.75) is 12.6 Å². The molecular formula is C8H11F3N2O. The van der Waals surface area contributed by atoms with Gasteiger partial charge in [-0.15, -0.1) is 0 Å². The molecule has 1 rings (SSSR count). The molecule has 0 spiro atoms. The number of nitrogens with zero attached hydrogens (tertiary/aromatic N) is 1. The summed E-state index contributed by atoms with van der Waals surface area (Å²) in [7, 11) is 0. The second-order valence-corrected chi connectivity index (χ2v) is 2.98. The van der Waals surface area contributed by atoms with E-state index in [9.17, 15) is 18.0 Å². The molecule has 0 bridgehead atoms. The van der Waals surface area contributed by atoms with Gasteiger partial charge >= 0.3 is 12.2 Å². The van der Waals surface area contributed by atoms with Gasteiger partial charge in [0.25, 0.3) is 0 Å². The van der Waals surface area contributed by atoms with E-state index >= 15 is 0 Å². The van der Waals surface area contributed by atoms with Crippen LogP contribution in [0.15, 0.2) is 12.2 Å². The largest absolute Gasteiger partial charge is 0.405 e. The third-order valence-electron chi connectivity index (χ3n) is 1.79. The van der Waals surface area contributed by atoms with Crippen LogP contribution in [-0.4, -0.2) is 36.7 Å². The normalized spacial score (nSPS) is 16.9. The molecule has 0 saturated heterocycles. The smallest absolute Gasteiger partial charge is 0.329 e. The van der Waals surface area contributed by atoms with Gasteiger partial charge in [-0.1, -0.05) is 12.2 Å². The van der Waals surface area contributed by atoms with Crippen LogP contribution in [0.5, 0.6) is 0 Å². The van der Waals surface area contributed by atoms with Crippen LogP contribution in [0.4, 0.5) is 18.0 Å². The van der Waals surface area contributed by atoms with E-state index in [4.69, 9.17) is 0 Å². The summed E-state index contributed by atoms with van der Waals surface area (Å²) in [6.07, 6.45) is 0.00489. The third-order valence-corrected chi connectivity index (χ3v) is 1.79. The van der Waals surface area contributed by atoms with Crippen LogP contribution in [0.1, 0.15) is 6.42 Å². The number of alkyl halides is 3. The molecule has 1 N–H and O–H groups in total. The standard InChI is InChI=1S/C8H11F3N2O/c9-8(10,11)6-12-7(14)13-4-2-1-3-5-13/h1-2H,3-6H2,(H,12,14). The quantitative estimate of drug-likeness (QED) is 0.651. The minimum Gasteiger partial charge on any atom is -0.329 e. The van der Waals surface area contributed by atoms with Gasteiger partial charge in [-0.2, -0.15) is 13.2 Å². The molecule has 80 valence electrons. The lowest BCUT2D eigenvalue weighted by Crippen LogP contribution is -2.44. The van der Waals surface area contributed by atoms with Gasteiger partial charge in [0.05, 0.1) is 0 Å². The van der Waals surface area contributed by atoms with E-state index < -0.39 is 18.8 Å². The molecule has 2 amide bonds. The van der Waals surface area contributed by atoms with E-state index in [2.05, 4.69) is 0 Å². The number of hydrogen-bond acceptors (Lipinski definition) is 1. The number of carbonyl (C=O) groups is 1. The molecular weight excluding hydrogens is 197 g/mol. The van der Waals surface area contributed by atoms with E-state index in [0.29, 0.717) is 19.5 Å². The van der Waals surface area contributed by atoms with Gasteiger partial charge < -0.3 is 10.2 Å². The number of carbonyl (C=O) groups excluding carboxylic acids is 1. The minimum absolute atomic E-state index is 0.379. The molecule has 1 aliphatic rings. The molecule has 0 aromatic rings. The van der Waals surface area contributed by atoms with Crippen molar-refractivity contribution >= 4 is 6.03 Å². The monoisotopic (exact) mass is 208 g/mol. The lowest BCUT2D eigenvalue weighted by Gasteiger charge is -2.23. The number of nitrogens with one attached hydrogen (secondary N) is 1. The zero-order valence-electron chi connectivity index (χ0n) is 7.47. The lowest BCUT2D eigenvalue weighted by molar-refractivity contribution is -0.123. The third kappa shape index (κ3) is 3.68. The Balaban J connectivity index is 2.31. The van der Waals surface area contributed by atoms with Crippen LogP contribution in [-0.2, 0) is 0 Å². The SMILES string of the molecule is O=C(NCC(F)(F)F)N1CC=CCC1. The number of hydrogen-bond donors (Lipinski definition) is 1. The maximum absolute atomic E-state index is 11.7. The summed E-state index contributed by atoms with van der Waals surface area (Å²) in [5.74, 6) is 0. The molecule has 0 aromatic heterocycles. The summed E-state index contributed by atoms with van der Waals surface area (Å²) in [6, 6.07) is -0.660. The Kier molecular flexibility index (Phi) is 3.38. The first-order valence-corrected chi connectivity index (χ1v) is 4.23. The van der Waals surface area contributed by atoms with Crippen molar-refractivity contribution < 1.29 is 18.0 Å². The second kappa shape index (κ2) is 4.34. The van der Waals surface area contributed by atoms with Crippen molar-refractivity contribution in [1.29, 1.82) is 0 Å². The van der Waals surface area contributed by atoms with Crippen molar-refractivity contribution in [2.24, 2.45) is 0 Å². The highest BCUT2D eigenvalue weighted by Gasteiger charge is 2.28. The molecule has 6 heteroatoms. The van der Waals surface area contributed by atoms with Crippen LogP contribution in [0, 0.1) is 0 Å². The van der Waals surface area contributed by atoms with Crippen LogP contribution in [0.25, 0.3) is 0 Å². The Labute approximate surface area is 79.6 Å². The average Bonchev–Trinajstić information content (AvgIpc) is 2.14. The Morgan fingerprint density at radius 3 is 2.64 bits per heavy atom. The van der Waals surface area contributed by atoms with Crippen molar-refractivity contribution in [2.75, 3.05) is 19.6 Å². The topological polar surface area (TPSA) is 32.3 Å². The summed E-state index contributed by atoms with van der Waals surface area (Å²) in [5.41, 5.74) is 0. The first-order valence-electron chi connectivity index (χ1n) is 4.23. The highest BCUT2D eigenvalue weighted by molar-refractivity contribution is 5.74. The lowest BCUT2D eigenvalue weighted by atomic mass is 10.3. The Morgan fingerprint density at radius 2 is 2.14 bits per heavy atom. The molecule has 0 aliphatic carbocycles. The van der Waals surface area contributed by atoms with E-state index in [0.717, 1.165) is 0 Å². The maximum Gasteiger partial charge on any atom is 0.405 e. The van der Waals surface area contributed by atoms with Crippen LogP contribution in [0.2, 0.25) is 0 Å². The van der Waals surface area contributed by atoms with Crippen molar-refractivity contribution in [3.8, 4) is 0 Å². The van der Waals surface area contributed by atoms with Gasteiger partial charge in [-0.05, 0) is 6.42 Å². The fourth-order valence-electron chi connectivity index (χ4n) is 1.11. The van der Waals surface area contributed by atoms with Gasteiger partial charge in [-0.25, -0.2) is 4.79 Å². The van der Waals surface area contributed by atoms with E-state index in [-0.39, 0.29) is 0 Å². The van der Waals surface area contributed by atoms with E-state index in [1.807, 2.05) is 11.4 Å². The number of halogens is 3. The second-order valence-electron chi connectivity index (χ2n) is 2.98. The summed E-state index contributed by atoms with van der Waals surface area (Å²) in [5, 5.41) is 1.82. The first kappa shape index (κ1) is 10.9. The van der Waals surface area contributed by atoms with Gasteiger partial charge in [0, 0.05) is 13.1 Å². The molecule has 0 saturated carbocycles. The van der Waals surface area contributed by atoms with Crippen LogP contribution >= 0.6 is 0 Å². The van der Waals surface area contributed by atoms with Gasteiger partial charge in [0.1, 0.15) is 6.54 Å². The molecule has 0 atom stereocenters. The molecule has 14 heavy (non-hydrogen) atoms. The van der Waals surface area contributed by atoms with E-state index in [1.54, 1.807) is 6.08 Å². The molecule has 0 aromatic carbocycles. The predicted molar refractivity (Wildman–Crippen MR) is 44.8 cm³/mol. The fraction of sp³-hybridized carbons (Fsp3) is 0.625. The Bertz CT molecular complexity index is 237. The predicted octanol–water partition coefficient (Wildman–Crippen LogP) is 1.52. The fourth-order valence-corrected chi connectivity index (χ4v) is 1.11. The van der Waals surface area contributed by atoms with Gasteiger partial charge in [-0.3, -0.25) is 0 Å². The van der Waals surface area contributed by atoms with Crippen LogP contribution in [0.3, 0.4) is 0 Å². The molecule has 1 aliphatic heterocycles. The van der Waals surface area contributed by atoms with E-state index in [1.165, 1.54) is 4.90 Å². The maximum atomic E-state index is 11.7. The van der Waals surface area contributed by atoms with Crippen molar-refractivity contribution in [3.05, 3.63) is 12.2 Å². The van der Waals surface area contributed by atoms with Gasteiger partial charge in [0.2, 0.25) is 0 Å². The highest BCUT2D eigenvalue weighted by Crippen LogP contribution is 2.12. The highest BCUT2D eigenvalue weighted by atomic mass is 19.4. The minimum atomic E-state index is -4.35. The average molecular weight is 208 g/mol. The van der Waals surface area contributed by atoms with Crippen molar-refractivity contribution in [3.63, 3.8) is 0 Å². The van der Waals surface area contributed by atoms with Crippen molar-refractivity contribution in [1.82, 2.24) is 10.2 Å². The summed E-state index contributed by atoms with van der Waals surface area (Å²) < 4.78 is 35.2. The Hall–Kier alpha value is -1.20. The number of urea groups is 1. The first-order chi connectivity index (χ1) is 6.49. The summed E-state index contributed by atoms with van der Waals surface area (Å²) in [4.78, 5) is 12.5.